The van der Waals surface area contributed by atoms with E-state index < -0.39 is 17.4 Å². The molecule has 19 heavy (non-hydrogen) atoms. The van der Waals surface area contributed by atoms with Crippen LogP contribution in [0.15, 0.2) is 12.2 Å². The topological polar surface area (TPSA) is 63.7 Å². The summed E-state index contributed by atoms with van der Waals surface area (Å²) in [6.07, 6.45) is 0.870. The lowest BCUT2D eigenvalue weighted by Crippen LogP contribution is -2.53. The summed E-state index contributed by atoms with van der Waals surface area (Å²) >= 11 is 0. The molecule has 0 heterocycles. The van der Waals surface area contributed by atoms with Crippen LogP contribution in [0.25, 0.3) is 0 Å². The number of ether oxygens (including phenoxy) is 1. The molecule has 108 valence electrons. The van der Waals surface area contributed by atoms with Crippen molar-refractivity contribution in [2.45, 2.75) is 52.6 Å². The molecule has 0 radical (unpaired) electrons. The van der Waals surface area contributed by atoms with Crippen LogP contribution in [0, 0.1) is 0 Å². The molecule has 5 heteroatoms. The maximum atomic E-state index is 11.7. The molecular formula is C14H23NO4. The van der Waals surface area contributed by atoms with Crippen molar-refractivity contribution in [2.75, 3.05) is 6.61 Å². The lowest BCUT2D eigenvalue weighted by atomic mass is 10.0. The average Bonchev–Trinajstić information content (AvgIpc) is 2.31. The van der Waals surface area contributed by atoms with Crippen LogP contribution in [-0.4, -0.2) is 41.3 Å². The number of hydrogen-bond acceptors (Lipinski definition) is 4. The molecule has 0 aromatic carbocycles. The fourth-order valence-electron chi connectivity index (χ4n) is 1.79. The molecule has 5 nitrogen and oxygen atoms in total. The predicted octanol–water partition coefficient (Wildman–Crippen LogP) is 1.71. The van der Waals surface area contributed by atoms with Gasteiger partial charge < -0.3 is 9.64 Å². The van der Waals surface area contributed by atoms with Gasteiger partial charge in [0.25, 0.3) is 5.91 Å². The van der Waals surface area contributed by atoms with Crippen molar-refractivity contribution in [2.24, 2.45) is 0 Å². The number of carbonyl (C=O) groups is 3. The van der Waals surface area contributed by atoms with E-state index in [1.165, 1.54) is 4.90 Å². The molecule has 0 spiro atoms. The minimum Gasteiger partial charge on any atom is -0.460 e. The van der Waals surface area contributed by atoms with Crippen LogP contribution in [0.1, 0.15) is 41.0 Å². The molecule has 0 aliphatic carbocycles. The lowest BCUT2D eigenvalue weighted by Gasteiger charge is -2.40. The molecule has 1 amide bonds. The Kier molecular flexibility index (Phi) is 6.45. The zero-order valence-electron chi connectivity index (χ0n) is 12.4. The first-order valence-corrected chi connectivity index (χ1v) is 6.26. The van der Waals surface area contributed by atoms with E-state index >= 15 is 0 Å². The van der Waals surface area contributed by atoms with Gasteiger partial charge in [-0.15, -0.1) is 0 Å². The fraction of sp³-hybridized carbons (Fsp3) is 0.643. The van der Waals surface area contributed by atoms with Crippen LogP contribution < -0.4 is 0 Å². The predicted molar refractivity (Wildman–Crippen MR) is 72.5 cm³/mol. The Labute approximate surface area is 114 Å². The van der Waals surface area contributed by atoms with E-state index in [-0.39, 0.29) is 18.9 Å². The first-order valence-electron chi connectivity index (χ1n) is 6.26. The minimum atomic E-state index is -0.606. The zero-order chi connectivity index (χ0) is 15.2. The summed E-state index contributed by atoms with van der Waals surface area (Å²) in [5.41, 5.74) is -0.215. The van der Waals surface area contributed by atoms with Crippen molar-refractivity contribution in [1.82, 2.24) is 4.90 Å². The third kappa shape index (κ3) is 5.24. The van der Waals surface area contributed by atoms with E-state index in [0.29, 0.717) is 12.0 Å². The number of amides is 1. The molecule has 0 saturated heterocycles. The van der Waals surface area contributed by atoms with Gasteiger partial charge in [0.1, 0.15) is 6.61 Å². The van der Waals surface area contributed by atoms with Crippen LogP contribution in [0.4, 0.5) is 0 Å². The van der Waals surface area contributed by atoms with E-state index in [4.69, 9.17) is 4.74 Å². The van der Waals surface area contributed by atoms with E-state index in [9.17, 15) is 14.4 Å². The number of aldehydes is 1. The van der Waals surface area contributed by atoms with Crippen LogP contribution in [-0.2, 0) is 19.1 Å². The van der Waals surface area contributed by atoms with Gasteiger partial charge in [0.05, 0.1) is 6.04 Å². The summed E-state index contributed by atoms with van der Waals surface area (Å²) in [6.45, 7) is 12.5. The average molecular weight is 269 g/mol. The van der Waals surface area contributed by atoms with E-state index in [0.717, 1.165) is 0 Å². The number of carbonyl (C=O) groups excluding carboxylic acids is 3. The Morgan fingerprint density at radius 3 is 2.21 bits per heavy atom. The second kappa shape index (κ2) is 7.07. The minimum absolute atomic E-state index is 0.0546. The molecule has 0 aliphatic rings. The Morgan fingerprint density at radius 2 is 1.89 bits per heavy atom. The van der Waals surface area contributed by atoms with Crippen molar-refractivity contribution in [3.05, 3.63) is 12.2 Å². The number of hydrogen-bond donors (Lipinski definition) is 0. The second-order valence-corrected chi connectivity index (χ2v) is 5.44. The smallest absolute Gasteiger partial charge is 0.333 e. The standard InChI is InChI=1S/C14H23NO4/c1-7-11(9-19-13(18)10(2)3)15(12(17)8-16)14(4,5)6/h8,11H,2,7,9H2,1,3-6H3. The summed E-state index contributed by atoms with van der Waals surface area (Å²) in [7, 11) is 0. The monoisotopic (exact) mass is 269 g/mol. The Hall–Kier alpha value is -1.65. The van der Waals surface area contributed by atoms with Gasteiger partial charge in [0.2, 0.25) is 6.29 Å². The van der Waals surface area contributed by atoms with Crippen molar-refractivity contribution in [3.8, 4) is 0 Å². The van der Waals surface area contributed by atoms with Gasteiger partial charge >= 0.3 is 5.97 Å². The fourth-order valence-corrected chi connectivity index (χ4v) is 1.79. The molecule has 0 aromatic heterocycles. The van der Waals surface area contributed by atoms with Gasteiger partial charge in [-0.2, -0.15) is 0 Å². The molecule has 0 saturated carbocycles. The zero-order valence-corrected chi connectivity index (χ0v) is 12.4. The van der Waals surface area contributed by atoms with Gasteiger partial charge in [-0.25, -0.2) is 4.79 Å². The maximum absolute atomic E-state index is 11.7. The molecule has 0 aliphatic heterocycles. The summed E-state index contributed by atoms with van der Waals surface area (Å²) in [4.78, 5) is 35.3. The highest BCUT2D eigenvalue weighted by molar-refractivity contribution is 6.23. The highest BCUT2D eigenvalue weighted by atomic mass is 16.5. The third-order valence-electron chi connectivity index (χ3n) is 2.65. The molecule has 0 N–H and O–H groups in total. The van der Waals surface area contributed by atoms with Gasteiger partial charge in [-0.1, -0.05) is 13.5 Å². The van der Waals surface area contributed by atoms with Gasteiger partial charge in [-0.3, -0.25) is 9.59 Å². The highest BCUT2D eigenvalue weighted by Gasteiger charge is 2.32. The number of esters is 1. The Bertz CT molecular complexity index is 368. The SMILES string of the molecule is C=C(C)C(=O)OCC(CC)N(C(=O)C=O)C(C)(C)C. The third-order valence-corrected chi connectivity index (χ3v) is 2.65. The van der Waals surface area contributed by atoms with Crippen molar-refractivity contribution >= 4 is 18.2 Å². The molecule has 1 atom stereocenters. The maximum Gasteiger partial charge on any atom is 0.333 e. The summed E-state index contributed by atoms with van der Waals surface area (Å²) in [6, 6.07) is -0.332. The van der Waals surface area contributed by atoms with Crippen LogP contribution in [0.5, 0.6) is 0 Å². The normalized spacial score (nSPS) is 12.5. The molecule has 0 aromatic rings. The van der Waals surface area contributed by atoms with Crippen LogP contribution >= 0.6 is 0 Å². The summed E-state index contributed by atoms with van der Waals surface area (Å²) in [5.74, 6) is -1.10. The second-order valence-electron chi connectivity index (χ2n) is 5.44. The highest BCUT2D eigenvalue weighted by Crippen LogP contribution is 2.19. The summed E-state index contributed by atoms with van der Waals surface area (Å²) < 4.78 is 5.08. The number of nitrogens with zero attached hydrogens (tertiary/aromatic N) is 1. The van der Waals surface area contributed by atoms with Gasteiger partial charge in [0.15, 0.2) is 0 Å². The quantitative estimate of drug-likeness (QED) is 0.319. The van der Waals surface area contributed by atoms with Crippen LogP contribution in [0.2, 0.25) is 0 Å². The van der Waals surface area contributed by atoms with Crippen molar-refractivity contribution in [1.29, 1.82) is 0 Å². The molecule has 0 fully saturated rings. The number of rotatable bonds is 6. The molecule has 0 rings (SSSR count). The lowest BCUT2D eigenvalue weighted by molar-refractivity contribution is -0.150. The molecule has 0 bridgehead atoms. The summed E-state index contributed by atoms with van der Waals surface area (Å²) in [5, 5.41) is 0. The largest absolute Gasteiger partial charge is 0.460 e. The molecular weight excluding hydrogens is 246 g/mol. The molecule has 1 unspecified atom stereocenters. The Morgan fingerprint density at radius 1 is 1.37 bits per heavy atom. The van der Waals surface area contributed by atoms with Crippen molar-refractivity contribution in [3.63, 3.8) is 0 Å². The van der Waals surface area contributed by atoms with Crippen LogP contribution in [0.3, 0.4) is 0 Å². The first-order chi connectivity index (χ1) is 8.65. The van der Waals surface area contributed by atoms with Gasteiger partial charge in [-0.05, 0) is 34.1 Å². The van der Waals surface area contributed by atoms with E-state index in [1.807, 2.05) is 27.7 Å². The van der Waals surface area contributed by atoms with E-state index in [2.05, 4.69) is 6.58 Å². The Balaban J connectivity index is 4.96. The van der Waals surface area contributed by atoms with Gasteiger partial charge in [0, 0.05) is 11.1 Å². The van der Waals surface area contributed by atoms with Crippen molar-refractivity contribution < 1.29 is 19.1 Å². The first kappa shape index (κ1) is 17.4. The van der Waals surface area contributed by atoms with E-state index in [1.54, 1.807) is 6.92 Å².